The monoisotopic (exact) mass is 435 g/mol. The molecule has 158 valence electrons. The van der Waals surface area contributed by atoms with Gasteiger partial charge >= 0.3 is 0 Å². The minimum atomic E-state index is -0.300. The second-order valence-electron chi connectivity index (χ2n) is 6.92. The minimum Gasteiger partial charge on any atom is -0.496 e. The van der Waals surface area contributed by atoms with Gasteiger partial charge < -0.3 is 9.47 Å². The maximum atomic E-state index is 13.8. The zero-order valence-electron chi connectivity index (χ0n) is 17.5. The van der Waals surface area contributed by atoms with Crippen molar-refractivity contribution in [3.05, 3.63) is 83.7 Å². The molecule has 0 aliphatic heterocycles. The number of ether oxygens (including phenoxy) is 2. The van der Waals surface area contributed by atoms with Gasteiger partial charge in [0.1, 0.15) is 17.3 Å². The first-order chi connectivity index (χ1) is 15.1. The summed E-state index contributed by atoms with van der Waals surface area (Å²) in [5, 5.41) is 9.61. The van der Waals surface area contributed by atoms with E-state index in [4.69, 9.17) is 9.47 Å². The van der Waals surface area contributed by atoms with E-state index in [9.17, 15) is 4.39 Å². The van der Waals surface area contributed by atoms with Gasteiger partial charge in [0.2, 0.25) is 0 Å². The molecule has 0 aliphatic rings. The lowest BCUT2D eigenvalue weighted by Crippen LogP contribution is -2.01. The summed E-state index contributed by atoms with van der Waals surface area (Å²) in [6.45, 7) is 2.04. The summed E-state index contributed by atoms with van der Waals surface area (Å²) in [6.07, 6.45) is 0. The van der Waals surface area contributed by atoms with Gasteiger partial charge in [-0.25, -0.2) is 4.39 Å². The van der Waals surface area contributed by atoms with Crippen molar-refractivity contribution in [3.63, 3.8) is 0 Å². The summed E-state index contributed by atoms with van der Waals surface area (Å²) < 4.78 is 26.7. The van der Waals surface area contributed by atoms with Gasteiger partial charge in [0.15, 0.2) is 11.0 Å². The van der Waals surface area contributed by atoms with E-state index in [2.05, 4.69) is 10.2 Å². The Hall–Kier alpha value is -3.32. The third-order valence-electron chi connectivity index (χ3n) is 4.87. The van der Waals surface area contributed by atoms with E-state index in [0.29, 0.717) is 28.2 Å². The zero-order chi connectivity index (χ0) is 21.8. The Morgan fingerprint density at radius 3 is 2.39 bits per heavy atom. The highest BCUT2D eigenvalue weighted by Gasteiger charge is 2.19. The van der Waals surface area contributed by atoms with Crippen LogP contribution in [0.15, 0.2) is 71.9 Å². The fourth-order valence-electron chi connectivity index (χ4n) is 3.30. The lowest BCUT2D eigenvalue weighted by molar-refractivity contribution is 0.410. The van der Waals surface area contributed by atoms with E-state index in [1.807, 2.05) is 60.0 Å². The van der Waals surface area contributed by atoms with Crippen molar-refractivity contribution in [1.82, 2.24) is 14.8 Å². The first kappa shape index (κ1) is 20.9. The first-order valence-electron chi connectivity index (χ1n) is 9.71. The summed E-state index contributed by atoms with van der Waals surface area (Å²) >= 11 is 1.47. The maximum absolute atomic E-state index is 13.8. The Morgan fingerprint density at radius 2 is 1.65 bits per heavy atom. The Labute approximate surface area is 184 Å². The van der Waals surface area contributed by atoms with Gasteiger partial charge in [-0.15, -0.1) is 10.2 Å². The van der Waals surface area contributed by atoms with Crippen LogP contribution in [0.2, 0.25) is 0 Å². The zero-order valence-corrected chi connectivity index (χ0v) is 18.3. The quantitative estimate of drug-likeness (QED) is 0.349. The van der Waals surface area contributed by atoms with Crippen molar-refractivity contribution in [3.8, 4) is 28.6 Å². The predicted molar refractivity (Wildman–Crippen MR) is 121 cm³/mol. The molecule has 0 saturated carbocycles. The van der Waals surface area contributed by atoms with Crippen LogP contribution in [0.1, 0.15) is 11.1 Å². The van der Waals surface area contributed by atoms with E-state index in [0.717, 1.165) is 22.4 Å². The van der Waals surface area contributed by atoms with Crippen molar-refractivity contribution in [1.29, 1.82) is 0 Å². The maximum Gasteiger partial charge on any atom is 0.196 e. The SMILES string of the molecule is COc1ccc(F)cc1CSc1nnc(-c2ccccc2OC)n1-c1ccc(C)cc1. The average molecular weight is 436 g/mol. The molecular weight excluding hydrogens is 413 g/mol. The van der Waals surface area contributed by atoms with Crippen LogP contribution in [-0.2, 0) is 5.75 Å². The molecule has 5 nitrogen and oxygen atoms in total. The van der Waals surface area contributed by atoms with Crippen molar-refractivity contribution in [2.75, 3.05) is 14.2 Å². The second kappa shape index (κ2) is 9.22. The van der Waals surface area contributed by atoms with Crippen LogP contribution in [0.25, 0.3) is 17.1 Å². The predicted octanol–water partition coefficient (Wildman–Crippen LogP) is 5.69. The molecule has 31 heavy (non-hydrogen) atoms. The van der Waals surface area contributed by atoms with Crippen LogP contribution < -0.4 is 9.47 Å². The highest BCUT2D eigenvalue weighted by molar-refractivity contribution is 7.98. The molecule has 1 aromatic heterocycles. The van der Waals surface area contributed by atoms with Gasteiger partial charge in [0.25, 0.3) is 0 Å². The van der Waals surface area contributed by atoms with E-state index in [1.165, 1.54) is 23.9 Å². The molecule has 1 heterocycles. The molecule has 0 fully saturated rings. The molecule has 0 saturated heterocycles. The molecule has 0 aliphatic carbocycles. The molecule has 7 heteroatoms. The number of aryl methyl sites for hydroxylation is 1. The molecular formula is C24H22FN3O2S. The van der Waals surface area contributed by atoms with Gasteiger partial charge in [0, 0.05) is 17.0 Å². The van der Waals surface area contributed by atoms with Gasteiger partial charge in [-0.1, -0.05) is 41.6 Å². The van der Waals surface area contributed by atoms with Crippen molar-refractivity contribution in [2.45, 2.75) is 17.8 Å². The van der Waals surface area contributed by atoms with Crippen LogP contribution in [0.5, 0.6) is 11.5 Å². The Kier molecular flexibility index (Phi) is 6.23. The van der Waals surface area contributed by atoms with Gasteiger partial charge in [-0.3, -0.25) is 4.57 Å². The van der Waals surface area contributed by atoms with Crippen molar-refractivity contribution < 1.29 is 13.9 Å². The molecule has 0 radical (unpaired) electrons. The normalized spacial score (nSPS) is 10.8. The number of nitrogens with zero attached hydrogens (tertiary/aromatic N) is 3. The van der Waals surface area contributed by atoms with E-state index in [1.54, 1.807) is 20.3 Å². The number of methoxy groups -OCH3 is 2. The van der Waals surface area contributed by atoms with Crippen LogP contribution in [0, 0.1) is 12.7 Å². The van der Waals surface area contributed by atoms with Crippen molar-refractivity contribution in [2.24, 2.45) is 0 Å². The molecule has 0 amide bonds. The van der Waals surface area contributed by atoms with Crippen LogP contribution in [-0.4, -0.2) is 29.0 Å². The molecule has 3 aromatic carbocycles. The molecule has 0 atom stereocenters. The number of thioether (sulfide) groups is 1. The van der Waals surface area contributed by atoms with Crippen LogP contribution in [0.3, 0.4) is 0 Å². The molecule has 0 spiro atoms. The smallest absolute Gasteiger partial charge is 0.196 e. The fraction of sp³-hybridized carbons (Fsp3) is 0.167. The number of benzene rings is 3. The van der Waals surface area contributed by atoms with E-state index < -0.39 is 0 Å². The van der Waals surface area contributed by atoms with E-state index >= 15 is 0 Å². The molecule has 4 rings (SSSR count). The molecule has 0 bridgehead atoms. The number of hydrogen-bond acceptors (Lipinski definition) is 5. The summed E-state index contributed by atoms with van der Waals surface area (Å²) in [6, 6.07) is 20.4. The Bertz CT molecular complexity index is 1190. The number of halogens is 1. The summed E-state index contributed by atoms with van der Waals surface area (Å²) in [7, 11) is 3.22. The second-order valence-corrected chi connectivity index (χ2v) is 7.86. The van der Waals surface area contributed by atoms with Crippen molar-refractivity contribution >= 4 is 11.8 Å². The van der Waals surface area contributed by atoms with Crippen LogP contribution >= 0.6 is 11.8 Å². The number of rotatable bonds is 7. The average Bonchev–Trinajstić information content (AvgIpc) is 3.22. The highest BCUT2D eigenvalue weighted by Crippen LogP contribution is 2.35. The number of aromatic nitrogens is 3. The molecule has 0 N–H and O–H groups in total. The topological polar surface area (TPSA) is 49.2 Å². The van der Waals surface area contributed by atoms with Gasteiger partial charge in [-0.2, -0.15) is 0 Å². The number of para-hydroxylation sites is 1. The third-order valence-corrected chi connectivity index (χ3v) is 5.85. The number of hydrogen-bond donors (Lipinski definition) is 0. The van der Waals surface area contributed by atoms with E-state index in [-0.39, 0.29) is 5.82 Å². The Morgan fingerprint density at radius 1 is 0.903 bits per heavy atom. The summed E-state index contributed by atoms with van der Waals surface area (Å²) in [4.78, 5) is 0. The fourth-order valence-corrected chi connectivity index (χ4v) is 4.23. The summed E-state index contributed by atoms with van der Waals surface area (Å²) in [5.74, 6) is 2.21. The first-order valence-corrected chi connectivity index (χ1v) is 10.7. The van der Waals surface area contributed by atoms with Crippen LogP contribution in [0.4, 0.5) is 4.39 Å². The highest BCUT2D eigenvalue weighted by atomic mass is 32.2. The largest absolute Gasteiger partial charge is 0.496 e. The lowest BCUT2D eigenvalue weighted by Gasteiger charge is -2.13. The third kappa shape index (κ3) is 4.41. The summed E-state index contributed by atoms with van der Waals surface area (Å²) in [5.41, 5.74) is 3.69. The Balaban J connectivity index is 1.77. The lowest BCUT2D eigenvalue weighted by atomic mass is 10.1. The van der Waals surface area contributed by atoms with Gasteiger partial charge in [-0.05, 0) is 49.4 Å². The molecule has 4 aromatic rings. The van der Waals surface area contributed by atoms with Gasteiger partial charge in [0.05, 0.1) is 19.8 Å². The standard InChI is InChI=1S/C24H22FN3O2S/c1-16-8-11-19(12-9-16)28-23(20-6-4-5-7-22(20)30-3)26-27-24(28)31-15-17-14-18(25)10-13-21(17)29-2/h4-14H,15H2,1-3H3. The minimum absolute atomic E-state index is 0.300. The molecule has 0 unspecified atom stereocenters.